The molecule has 1 N–H and O–H groups in total. The van der Waals surface area contributed by atoms with Crippen molar-refractivity contribution in [2.75, 3.05) is 13.1 Å². The zero-order valence-electron chi connectivity index (χ0n) is 6.65. The van der Waals surface area contributed by atoms with Crippen molar-refractivity contribution in [3.63, 3.8) is 0 Å². The molecule has 0 fully saturated rings. The Hall–Kier alpha value is -0.790. The minimum absolute atomic E-state index is 0.950. The molecule has 0 spiro atoms. The van der Waals surface area contributed by atoms with Gasteiger partial charge >= 0.3 is 0 Å². The molecule has 2 nitrogen and oxygen atoms in total. The summed E-state index contributed by atoms with van der Waals surface area (Å²) in [4.78, 5) is 4.27. The summed E-state index contributed by atoms with van der Waals surface area (Å²) in [6.45, 7) is 6.18. The van der Waals surface area contributed by atoms with Crippen LogP contribution in [0.5, 0.6) is 0 Å². The normalized spacial score (nSPS) is 16.0. The lowest BCUT2D eigenvalue weighted by molar-refractivity contribution is 0.954. The third kappa shape index (κ3) is 2.21. The second-order valence-corrected chi connectivity index (χ2v) is 2.74. The van der Waals surface area contributed by atoms with Gasteiger partial charge in [0.05, 0.1) is 6.54 Å². The summed E-state index contributed by atoms with van der Waals surface area (Å²) in [7, 11) is 0. The molecule has 0 atom stereocenters. The molecular formula is C8H14N2. The number of amidine groups is 1. The van der Waals surface area contributed by atoms with Crippen molar-refractivity contribution < 1.29 is 0 Å². The number of nitrogens with zero attached hydrogens (tertiary/aromatic N) is 1. The van der Waals surface area contributed by atoms with E-state index in [0.717, 1.165) is 25.3 Å². The van der Waals surface area contributed by atoms with Crippen molar-refractivity contribution in [3.05, 3.63) is 11.6 Å². The molecule has 0 bridgehead atoms. The molecular weight excluding hydrogens is 124 g/mol. The van der Waals surface area contributed by atoms with E-state index in [9.17, 15) is 0 Å². The van der Waals surface area contributed by atoms with E-state index in [0.29, 0.717) is 0 Å². The maximum Gasteiger partial charge on any atom is 0.100 e. The predicted molar refractivity (Wildman–Crippen MR) is 44.4 cm³/mol. The molecule has 0 aromatic carbocycles. The van der Waals surface area contributed by atoms with E-state index in [2.05, 4.69) is 30.2 Å². The smallest absolute Gasteiger partial charge is 0.100 e. The van der Waals surface area contributed by atoms with Crippen LogP contribution in [0.1, 0.15) is 20.3 Å². The average Bonchev–Trinajstić information content (AvgIpc) is 2.34. The molecule has 0 saturated heterocycles. The Labute approximate surface area is 62.0 Å². The standard InChI is InChI=1S/C8H14N2/c1-7(2)3-4-8-9-5-6-10-8/h3H,4-6H2,1-2H3,(H,9,10). The lowest BCUT2D eigenvalue weighted by Gasteiger charge is -1.96. The molecule has 0 radical (unpaired) electrons. The van der Waals surface area contributed by atoms with Crippen LogP contribution in [-0.4, -0.2) is 18.9 Å². The van der Waals surface area contributed by atoms with Crippen molar-refractivity contribution in [1.82, 2.24) is 5.32 Å². The van der Waals surface area contributed by atoms with Crippen molar-refractivity contribution >= 4 is 5.84 Å². The van der Waals surface area contributed by atoms with Crippen LogP contribution in [0.3, 0.4) is 0 Å². The monoisotopic (exact) mass is 138 g/mol. The van der Waals surface area contributed by atoms with Crippen LogP contribution in [0.4, 0.5) is 0 Å². The number of hydrogen-bond donors (Lipinski definition) is 1. The van der Waals surface area contributed by atoms with E-state index in [4.69, 9.17) is 0 Å². The number of allylic oxidation sites excluding steroid dienone is 1. The van der Waals surface area contributed by atoms with Gasteiger partial charge in [0, 0.05) is 13.0 Å². The van der Waals surface area contributed by atoms with Gasteiger partial charge in [-0.25, -0.2) is 0 Å². The van der Waals surface area contributed by atoms with Crippen LogP contribution in [0.15, 0.2) is 16.6 Å². The Bertz CT molecular complexity index is 164. The number of nitrogens with one attached hydrogen (secondary N) is 1. The van der Waals surface area contributed by atoms with Gasteiger partial charge in [0.2, 0.25) is 0 Å². The molecule has 1 aliphatic heterocycles. The maximum atomic E-state index is 4.27. The first-order valence-electron chi connectivity index (χ1n) is 3.69. The van der Waals surface area contributed by atoms with E-state index in [1.807, 2.05) is 0 Å². The largest absolute Gasteiger partial charge is 0.372 e. The third-order valence-corrected chi connectivity index (χ3v) is 1.45. The highest BCUT2D eigenvalue weighted by atomic mass is 15.1. The topological polar surface area (TPSA) is 24.4 Å². The van der Waals surface area contributed by atoms with E-state index in [1.165, 1.54) is 5.57 Å². The molecule has 0 amide bonds. The van der Waals surface area contributed by atoms with Gasteiger partial charge in [-0.2, -0.15) is 0 Å². The summed E-state index contributed by atoms with van der Waals surface area (Å²) in [5.74, 6) is 1.14. The molecule has 2 heteroatoms. The van der Waals surface area contributed by atoms with Crippen molar-refractivity contribution in [2.24, 2.45) is 4.99 Å². The Morgan fingerprint density at radius 1 is 1.70 bits per heavy atom. The van der Waals surface area contributed by atoms with Crippen LogP contribution in [0.2, 0.25) is 0 Å². The Morgan fingerprint density at radius 3 is 3.00 bits per heavy atom. The van der Waals surface area contributed by atoms with Crippen molar-refractivity contribution in [1.29, 1.82) is 0 Å². The minimum Gasteiger partial charge on any atom is -0.372 e. The molecule has 0 aromatic heterocycles. The highest BCUT2D eigenvalue weighted by molar-refractivity contribution is 5.84. The molecule has 0 aliphatic carbocycles. The zero-order chi connectivity index (χ0) is 7.40. The van der Waals surface area contributed by atoms with Gasteiger partial charge in [-0.1, -0.05) is 11.6 Å². The third-order valence-electron chi connectivity index (χ3n) is 1.45. The molecule has 1 rings (SSSR count). The summed E-state index contributed by atoms with van der Waals surface area (Å²) in [5.41, 5.74) is 1.36. The molecule has 0 unspecified atom stereocenters. The first-order valence-corrected chi connectivity index (χ1v) is 3.69. The van der Waals surface area contributed by atoms with E-state index in [1.54, 1.807) is 0 Å². The Balaban J connectivity index is 2.32. The predicted octanol–water partition coefficient (Wildman–Crippen LogP) is 1.34. The highest BCUT2D eigenvalue weighted by Gasteiger charge is 2.00. The van der Waals surface area contributed by atoms with Gasteiger partial charge in [-0.15, -0.1) is 0 Å². The molecule has 0 saturated carbocycles. The molecule has 1 aliphatic rings. The average molecular weight is 138 g/mol. The van der Waals surface area contributed by atoms with E-state index in [-0.39, 0.29) is 0 Å². The fraction of sp³-hybridized carbons (Fsp3) is 0.625. The van der Waals surface area contributed by atoms with Gasteiger partial charge < -0.3 is 5.32 Å². The van der Waals surface area contributed by atoms with Gasteiger partial charge in [0.1, 0.15) is 5.84 Å². The van der Waals surface area contributed by atoms with Crippen molar-refractivity contribution in [3.8, 4) is 0 Å². The molecule has 56 valence electrons. The van der Waals surface area contributed by atoms with E-state index < -0.39 is 0 Å². The first-order chi connectivity index (χ1) is 4.79. The van der Waals surface area contributed by atoms with Crippen LogP contribution >= 0.6 is 0 Å². The maximum absolute atomic E-state index is 4.27. The number of aliphatic imine (C=N–C) groups is 1. The SMILES string of the molecule is CC(C)=CCC1=NCCN1. The first kappa shape index (κ1) is 7.32. The molecule has 1 heterocycles. The van der Waals surface area contributed by atoms with Crippen LogP contribution in [0, 0.1) is 0 Å². The van der Waals surface area contributed by atoms with Crippen molar-refractivity contribution in [2.45, 2.75) is 20.3 Å². The number of rotatable bonds is 2. The van der Waals surface area contributed by atoms with Gasteiger partial charge in [-0.3, -0.25) is 4.99 Å². The van der Waals surface area contributed by atoms with Gasteiger partial charge in [0.25, 0.3) is 0 Å². The Morgan fingerprint density at radius 2 is 2.50 bits per heavy atom. The summed E-state index contributed by atoms with van der Waals surface area (Å²) in [6, 6.07) is 0. The Kier molecular flexibility index (Phi) is 2.49. The fourth-order valence-corrected chi connectivity index (χ4v) is 0.884. The van der Waals surface area contributed by atoms with E-state index >= 15 is 0 Å². The van der Waals surface area contributed by atoms with Gasteiger partial charge in [-0.05, 0) is 13.8 Å². The molecule has 0 aromatic rings. The molecule has 10 heavy (non-hydrogen) atoms. The zero-order valence-corrected chi connectivity index (χ0v) is 6.65. The summed E-state index contributed by atoms with van der Waals surface area (Å²) in [5, 5.41) is 3.22. The lowest BCUT2D eigenvalue weighted by Crippen LogP contribution is -2.17. The lowest BCUT2D eigenvalue weighted by atomic mass is 10.2. The highest BCUT2D eigenvalue weighted by Crippen LogP contribution is 1.96. The quantitative estimate of drug-likeness (QED) is 0.572. The van der Waals surface area contributed by atoms with Gasteiger partial charge in [0.15, 0.2) is 0 Å². The van der Waals surface area contributed by atoms with Crippen LogP contribution in [-0.2, 0) is 0 Å². The summed E-state index contributed by atoms with van der Waals surface area (Å²) >= 11 is 0. The second kappa shape index (κ2) is 3.40. The fourth-order valence-electron chi connectivity index (χ4n) is 0.884. The summed E-state index contributed by atoms with van der Waals surface area (Å²) in [6.07, 6.45) is 3.17. The summed E-state index contributed by atoms with van der Waals surface area (Å²) < 4.78 is 0. The van der Waals surface area contributed by atoms with Crippen LogP contribution in [0.25, 0.3) is 0 Å². The number of hydrogen-bond acceptors (Lipinski definition) is 2. The minimum atomic E-state index is 0.950. The van der Waals surface area contributed by atoms with Crippen LogP contribution < -0.4 is 5.32 Å². The second-order valence-electron chi connectivity index (χ2n) is 2.74.